The number of nitrogens with two attached hydrogens (primary N) is 6. The first-order chi connectivity index (χ1) is 43.4. The zero-order valence-electron chi connectivity index (χ0n) is 51.0. The summed E-state index contributed by atoms with van der Waals surface area (Å²) >= 11 is 0. The van der Waals surface area contributed by atoms with E-state index in [-0.39, 0.29) is 82.8 Å². The van der Waals surface area contributed by atoms with Gasteiger partial charge in [-0.15, -0.1) is 0 Å². The molecule has 0 aliphatic carbocycles. The molecular formula is C63H84N16O12. The Kier molecular flexibility index (Phi) is 28.5. The topological polar surface area (TPSA) is 473 Å². The lowest BCUT2D eigenvalue weighted by Gasteiger charge is -2.30. The Morgan fingerprint density at radius 2 is 0.923 bits per heavy atom. The van der Waals surface area contributed by atoms with Crippen LogP contribution in [0.25, 0.3) is 0 Å². The summed E-state index contributed by atoms with van der Waals surface area (Å²) in [5.74, 6) is -10.8. The molecule has 488 valence electrons. The highest BCUT2D eigenvalue weighted by Crippen LogP contribution is 2.21. The van der Waals surface area contributed by atoms with Gasteiger partial charge in [0, 0.05) is 32.4 Å². The van der Waals surface area contributed by atoms with Gasteiger partial charge in [-0.05, 0) is 66.7 Å². The van der Waals surface area contributed by atoms with Crippen LogP contribution in [0.2, 0.25) is 0 Å². The van der Waals surface area contributed by atoms with Crippen LogP contribution >= 0.6 is 0 Å². The number of hydrogen-bond donors (Lipinski definition) is 14. The number of aliphatic imine (C=N–C) groups is 1. The Balaban J connectivity index is 1.29. The molecule has 5 rings (SSSR count). The van der Waals surface area contributed by atoms with Crippen molar-refractivity contribution in [2.75, 3.05) is 19.6 Å². The molecule has 20 N–H and O–H groups in total. The SMILES string of the molecule is CC(C)C[C@H](NC(=O)CNC(=O)[C@H](Cc1ccccc1)NC(=O)[C@@H]1CCCN1C(=O)[C@H](CC(N)=O)NC(=O)[C@H](Cc1ccccc1)NC(=O)[C@H](CC(N)=O)NC(=O)[C@@H](N)Cc1ccccc1)C(=O)N[C@@H](CCCN=C(N)N)C(=O)N[C@@H](Cc1ccccc1)C(N)=O. The first-order valence-electron chi connectivity index (χ1n) is 29.9. The monoisotopic (exact) mass is 1260 g/mol. The number of carbonyl (C=O) groups is 12. The maximum Gasteiger partial charge on any atom is 0.246 e. The molecule has 28 heteroatoms. The normalized spacial score (nSPS) is 15.3. The summed E-state index contributed by atoms with van der Waals surface area (Å²) in [5.41, 5.74) is 36.5. The molecule has 1 saturated heterocycles. The van der Waals surface area contributed by atoms with Gasteiger partial charge in [-0.25, -0.2) is 0 Å². The molecule has 1 heterocycles. The molecule has 4 aromatic carbocycles. The van der Waals surface area contributed by atoms with Crippen molar-refractivity contribution in [3.8, 4) is 0 Å². The van der Waals surface area contributed by atoms with Crippen molar-refractivity contribution >= 4 is 76.8 Å². The lowest BCUT2D eigenvalue weighted by molar-refractivity contribution is -0.143. The molecule has 4 aromatic rings. The summed E-state index contributed by atoms with van der Waals surface area (Å²) in [6.45, 7) is 2.96. The lowest BCUT2D eigenvalue weighted by Crippen LogP contribution is -2.60. The third-order valence-electron chi connectivity index (χ3n) is 14.7. The van der Waals surface area contributed by atoms with Gasteiger partial charge in [0.1, 0.15) is 48.3 Å². The fourth-order valence-corrected chi connectivity index (χ4v) is 10.1. The minimum atomic E-state index is -1.70. The van der Waals surface area contributed by atoms with Crippen molar-refractivity contribution in [1.29, 1.82) is 0 Å². The minimum absolute atomic E-state index is 0.00548. The van der Waals surface area contributed by atoms with Gasteiger partial charge in [-0.3, -0.25) is 62.5 Å². The van der Waals surface area contributed by atoms with E-state index < -0.39 is 145 Å². The molecule has 0 spiro atoms. The first kappa shape index (κ1) is 71.5. The van der Waals surface area contributed by atoms with Gasteiger partial charge in [-0.1, -0.05) is 135 Å². The predicted octanol–water partition coefficient (Wildman–Crippen LogP) is -2.88. The third kappa shape index (κ3) is 24.7. The summed E-state index contributed by atoms with van der Waals surface area (Å²) in [7, 11) is 0. The van der Waals surface area contributed by atoms with Gasteiger partial charge in [-0.2, -0.15) is 0 Å². The van der Waals surface area contributed by atoms with Crippen LogP contribution in [0.4, 0.5) is 0 Å². The summed E-state index contributed by atoms with van der Waals surface area (Å²) < 4.78 is 0. The molecule has 1 aliphatic heterocycles. The number of nitrogens with zero attached hydrogens (tertiary/aromatic N) is 2. The van der Waals surface area contributed by atoms with Crippen molar-refractivity contribution in [3.63, 3.8) is 0 Å². The first-order valence-corrected chi connectivity index (χ1v) is 29.9. The van der Waals surface area contributed by atoms with Gasteiger partial charge in [0.2, 0.25) is 70.9 Å². The zero-order valence-corrected chi connectivity index (χ0v) is 51.0. The van der Waals surface area contributed by atoms with Gasteiger partial charge >= 0.3 is 0 Å². The minimum Gasteiger partial charge on any atom is -0.370 e. The Morgan fingerprint density at radius 3 is 1.43 bits per heavy atom. The highest BCUT2D eigenvalue weighted by Gasteiger charge is 2.41. The van der Waals surface area contributed by atoms with Crippen molar-refractivity contribution in [3.05, 3.63) is 144 Å². The number of carbonyl (C=O) groups excluding carboxylic acids is 12. The molecule has 0 saturated carbocycles. The van der Waals surface area contributed by atoms with Crippen LogP contribution in [-0.2, 0) is 83.2 Å². The zero-order chi connectivity index (χ0) is 66.6. The largest absolute Gasteiger partial charge is 0.370 e. The number of benzene rings is 4. The molecular weight excluding hydrogens is 1170 g/mol. The average Bonchev–Trinajstić information content (AvgIpc) is 3.04. The number of hydrogen-bond acceptors (Lipinski definition) is 14. The van der Waals surface area contributed by atoms with Crippen LogP contribution in [-0.4, -0.2) is 156 Å². The maximum absolute atomic E-state index is 14.6. The van der Waals surface area contributed by atoms with Crippen molar-refractivity contribution in [2.24, 2.45) is 45.3 Å². The Bertz CT molecular complexity index is 3170. The van der Waals surface area contributed by atoms with Gasteiger partial charge in [0.25, 0.3) is 0 Å². The van der Waals surface area contributed by atoms with E-state index in [0.717, 1.165) is 10.5 Å². The molecule has 12 amide bonds. The molecule has 1 aliphatic rings. The van der Waals surface area contributed by atoms with E-state index in [1.54, 1.807) is 135 Å². The molecule has 9 atom stereocenters. The molecule has 0 unspecified atom stereocenters. The number of rotatable bonds is 36. The van der Waals surface area contributed by atoms with E-state index in [0.29, 0.717) is 16.7 Å². The summed E-state index contributed by atoms with van der Waals surface area (Å²) in [6.07, 6.45) is -0.962. The van der Waals surface area contributed by atoms with Gasteiger partial charge in [0.15, 0.2) is 5.96 Å². The van der Waals surface area contributed by atoms with Crippen LogP contribution in [0.3, 0.4) is 0 Å². The molecule has 91 heavy (non-hydrogen) atoms. The standard InChI is InChI=1S/C63H84N16O12/c1-37(2)29-45(58(87)73-43(25-15-27-70-63(68)69)57(86)74-44(54(67)83)31-39-19-9-4-10-20-39)72-53(82)36-71-56(85)46(32-40-21-11-5-12-22-40)77-61(90)50-26-16-28-79(50)62(91)49(35-52(66)81)78-59(88)47(33-41-23-13-6-14-24-41)76-60(89)48(34-51(65)80)75-55(84)42(64)30-38-17-7-3-8-18-38/h3-14,17-24,37,42-50H,15-16,25-36,64H2,1-2H3,(H2,65,80)(H2,66,81)(H2,67,83)(H,71,85)(H,72,82)(H,73,87)(H,74,86)(H,75,84)(H,76,89)(H,77,90)(H,78,88)(H4,68,69,70)/t42-,43-,44-,45-,46-,47-,48-,49-,50-/m0/s1. The fourth-order valence-electron chi connectivity index (χ4n) is 10.1. The number of nitrogens with one attached hydrogen (secondary N) is 8. The van der Waals surface area contributed by atoms with Crippen LogP contribution in [0.5, 0.6) is 0 Å². The van der Waals surface area contributed by atoms with Crippen molar-refractivity contribution in [2.45, 2.75) is 139 Å². The predicted molar refractivity (Wildman–Crippen MR) is 336 cm³/mol. The average molecular weight is 1260 g/mol. The second kappa shape index (κ2) is 36.3. The quantitative estimate of drug-likeness (QED) is 0.0124. The van der Waals surface area contributed by atoms with Crippen LogP contribution in [0.15, 0.2) is 126 Å². The van der Waals surface area contributed by atoms with E-state index in [2.05, 4.69) is 47.5 Å². The fraction of sp³-hybridized carbons (Fsp3) is 0.413. The summed E-state index contributed by atoms with van der Waals surface area (Å²) in [4.78, 5) is 169. The Hall–Kier alpha value is -10.3. The highest BCUT2D eigenvalue weighted by molar-refractivity contribution is 6.00. The van der Waals surface area contributed by atoms with Gasteiger partial charge in [0.05, 0.1) is 25.4 Å². The van der Waals surface area contributed by atoms with Crippen LogP contribution in [0.1, 0.15) is 81.0 Å². The number of amides is 12. The molecule has 0 radical (unpaired) electrons. The molecule has 0 bridgehead atoms. The van der Waals surface area contributed by atoms with E-state index in [1.807, 2.05) is 0 Å². The molecule has 0 aromatic heterocycles. The third-order valence-corrected chi connectivity index (χ3v) is 14.7. The van der Waals surface area contributed by atoms with Gasteiger partial charge < -0.3 is 81.8 Å². The molecule has 28 nitrogen and oxygen atoms in total. The number of guanidine groups is 1. The van der Waals surface area contributed by atoms with E-state index in [4.69, 9.17) is 34.4 Å². The smallest absolute Gasteiger partial charge is 0.246 e. The summed E-state index contributed by atoms with van der Waals surface area (Å²) in [6, 6.07) is 22.3. The number of likely N-dealkylation sites (tertiary alicyclic amines) is 1. The second-order valence-corrected chi connectivity index (χ2v) is 22.6. The number of primary amides is 3. The van der Waals surface area contributed by atoms with Crippen molar-refractivity contribution in [1.82, 2.24) is 47.4 Å². The lowest BCUT2D eigenvalue weighted by atomic mass is 10.0. The highest BCUT2D eigenvalue weighted by atomic mass is 16.2. The van der Waals surface area contributed by atoms with E-state index in [9.17, 15) is 57.5 Å². The van der Waals surface area contributed by atoms with Crippen molar-refractivity contribution < 1.29 is 57.5 Å². The van der Waals surface area contributed by atoms with E-state index in [1.165, 1.54) is 0 Å². The summed E-state index contributed by atoms with van der Waals surface area (Å²) in [5, 5.41) is 20.7. The van der Waals surface area contributed by atoms with Crippen LogP contribution in [0, 0.1) is 5.92 Å². The second-order valence-electron chi connectivity index (χ2n) is 22.6. The van der Waals surface area contributed by atoms with E-state index >= 15 is 0 Å². The Labute approximate surface area is 527 Å². The Morgan fingerprint density at radius 1 is 0.495 bits per heavy atom. The maximum atomic E-state index is 14.6. The van der Waals surface area contributed by atoms with Crippen LogP contribution < -0.4 is 76.9 Å². The molecule has 1 fully saturated rings.